The van der Waals surface area contributed by atoms with Crippen molar-refractivity contribution in [3.8, 4) is 5.88 Å². The van der Waals surface area contributed by atoms with Crippen LogP contribution in [-0.4, -0.2) is 34.1 Å². The van der Waals surface area contributed by atoms with Gasteiger partial charge in [0, 0.05) is 24.7 Å². The van der Waals surface area contributed by atoms with E-state index in [0.717, 1.165) is 23.7 Å². The van der Waals surface area contributed by atoms with Crippen molar-refractivity contribution in [3.05, 3.63) is 46.4 Å². The number of carbonyl (C=O) groups is 1. The molecule has 1 saturated carbocycles. The lowest BCUT2D eigenvalue weighted by molar-refractivity contribution is -0.192. The molecule has 0 atom stereocenters. The summed E-state index contributed by atoms with van der Waals surface area (Å²) in [5.41, 5.74) is 1.72. The zero-order valence-electron chi connectivity index (χ0n) is 16.9. The molecule has 2 N–H and O–H groups in total. The summed E-state index contributed by atoms with van der Waals surface area (Å²) >= 11 is 6.08. The third-order valence-electron chi connectivity index (χ3n) is 4.69. The second kappa shape index (κ2) is 11.3. The highest BCUT2D eigenvalue weighted by Crippen LogP contribution is 2.28. The van der Waals surface area contributed by atoms with Gasteiger partial charge in [-0.1, -0.05) is 30.5 Å². The summed E-state index contributed by atoms with van der Waals surface area (Å²) < 4.78 is 52.8. The van der Waals surface area contributed by atoms with Gasteiger partial charge < -0.3 is 15.2 Å². The fraction of sp³-hybridized carbons (Fsp3) is 0.500. The van der Waals surface area contributed by atoms with Crippen molar-refractivity contribution in [1.82, 2.24) is 15.1 Å². The summed E-state index contributed by atoms with van der Waals surface area (Å²) in [6.07, 6.45) is 0.0300. The summed E-state index contributed by atoms with van der Waals surface area (Å²) in [5.74, 6) is -1.68. The molecule has 3 rings (SSSR count). The molecule has 1 aliphatic carbocycles. The molecule has 2 aromatic rings. The lowest BCUT2D eigenvalue weighted by Crippen LogP contribution is -2.21. The predicted molar refractivity (Wildman–Crippen MR) is 106 cm³/mol. The second-order valence-corrected chi connectivity index (χ2v) is 7.57. The Hall–Kier alpha value is -2.33. The molecule has 1 heterocycles. The Balaban J connectivity index is 0.000000423. The summed E-state index contributed by atoms with van der Waals surface area (Å²) in [7, 11) is 1.90. The smallest absolute Gasteiger partial charge is 0.475 e. The molecule has 1 aromatic heterocycles. The van der Waals surface area contributed by atoms with E-state index < -0.39 is 12.1 Å². The summed E-state index contributed by atoms with van der Waals surface area (Å²) in [6.45, 7) is 1.88. The number of benzene rings is 1. The number of nitrogens with one attached hydrogen (secondary N) is 1. The highest BCUT2D eigenvalue weighted by Gasteiger charge is 2.38. The van der Waals surface area contributed by atoms with Gasteiger partial charge >= 0.3 is 12.1 Å². The first kappa shape index (κ1) is 24.9. The number of hydrogen-bond donors (Lipinski definition) is 2. The average Bonchev–Trinajstić information content (AvgIpc) is 3.31. The number of carboxylic acids is 1. The molecular weight excluding hydrogens is 442 g/mol. The van der Waals surface area contributed by atoms with Gasteiger partial charge in [0.05, 0.1) is 10.7 Å². The second-order valence-electron chi connectivity index (χ2n) is 7.16. The Labute approximate surface area is 182 Å². The van der Waals surface area contributed by atoms with Crippen LogP contribution in [-0.2, 0) is 24.5 Å². The quantitative estimate of drug-likeness (QED) is 0.574. The Morgan fingerprint density at radius 3 is 2.52 bits per heavy atom. The topological polar surface area (TPSA) is 76.4 Å². The van der Waals surface area contributed by atoms with Gasteiger partial charge in [0.1, 0.15) is 12.4 Å². The van der Waals surface area contributed by atoms with E-state index in [9.17, 15) is 17.6 Å². The van der Waals surface area contributed by atoms with Crippen LogP contribution in [0.25, 0.3) is 0 Å². The molecule has 1 aliphatic rings. The maximum absolute atomic E-state index is 13.1. The first-order valence-corrected chi connectivity index (χ1v) is 10.1. The van der Waals surface area contributed by atoms with Crippen LogP contribution in [0.1, 0.15) is 36.9 Å². The first-order chi connectivity index (χ1) is 14.6. The van der Waals surface area contributed by atoms with Crippen molar-refractivity contribution in [2.24, 2.45) is 5.92 Å². The van der Waals surface area contributed by atoms with E-state index in [1.165, 1.54) is 37.8 Å². The van der Waals surface area contributed by atoms with Crippen LogP contribution in [0.4, 0.5) is 17.6 Å². The SMILES string of the molecule is CNCc1cc(OCc2ccc(F)cc2Cl)n(CC2CCCC2)n1.O=C(O)C(F)(F)F. The molecule has 6 nitrogen and oxygen atoms in total. The minimum Gasteiger partial charge on any atom is -0.475 e. The monoisotopic (exact) mass is 465 g/mol. The van der Waals surface area contributed by atoms with Gasteiger partial charge in [-0.2, -0.15) is 18.3 Å². The molecule has 0 amide bonds. The Morgan fingerprint density at radius 1 is 1.32 bits per heavy atom. The van der Waals surface area contributed by atoms with Gasteiger partial charge in [-0.25, -0.2) is 13.9 Å². The molecule has 0 spiro atoms. The number of aliphatic carboxylic acids is 1. The zero-order valence-corrected chi connectivity index (χ0v) is 17.6. The van der Waals surface area contributed by atoms with E-state index >= 15 is 0 Å². The van der Waals surface area contributed by atoms with Gasteiger partial charge in [-0.05, 0) is 37.9 Å². The highest BCUT2D eigenvalue weighted by molar-refractivity contribution is 6.31. The summed E-state index contributed by atoms with van der Waals surface area (Å²) in [6, 6.07) is 6.32. The van der Waals surface area contributed by atoms with Crippen molar-refractivity contribution in [2.75, 3.05) is 7.05 Å². The fourth-order valence-corrected chi connectivity index (χ4v) is 3.41. The van der Waals surface area contributed by atoms with Crippen molar-refractivity contribution < 1.29 is 32.2 Å². The van der Waals surface area contributed by atoms with Gasteiger partial charge in [-0.15, -0.1) is 0 Å². The van der Waals surface area contributed by atoms with Crippen LogP contribution < -0.4 is 10.1 Å². The molecule has 1 fully saturated rings. The summed E-state index contributed by atoms with van der Waals surface area (Å²) in [5, 5.41) is 15.3. The van der Waals surface area contributed by atoms with E-state index in [1.807, 2.05) is 17.8 Å². The molecule has 11 heteroatoms. The number of alkyl halides is 3. The Morgan fingerprint density at radius 2 is 1.97 bits per heavy atom. The van der Waals surface area contributed by atoms with E-state index in [2.05, 4.69) is 10.4 Å². The maximum atomic E-state index is 13.1. The minimum atomic E-state index is -5.08. The first-order valence-electron chi connectivity index (χ1n) is 9.68. The lowest BCUT2D eigenvalue weighted by Gasteiger charge is -2.13. The van der Waals surface area contributed by atoms with E-state index in [-0.39, 0.29) is 5.82 Å². The molecule has 31 heavy (non-hydrogen) atoms. The molecule has 0 radical (unpaired) electrons. The van der Waals surface area contributed by atoms with E-state index in [4.69, 9.17) is 26.2 Å². The minimum absolute atomic E-state index is 0.300. The van der Waals surface area contributed by atoms with Crippen LogP contribution in [0.15, 0.2) is 24.3 Å². The van der Waals surface area contributed by atoms with Crippen LogP contribution in [0.5, 0.6) is 5.88 Å². The number of halogens is 5. The fourth-order valence-electron chi connectivity index (χ4n) is 3.19. The number of carboxylic acid groups (broad SMARTS) is 1. The highest BCUT2D eigenvalue weighted by atomic mass is 35.5. The largest absolute Gasteiger partial charge is 0.490 e. The van der Waals surface area contributed by atoms with Gasteiger partial charge in [0.25, 0.3) is 0 Å². The Bertz CT molecular complexity index is 868. The van der Waals surface area contributed by atoms with Gasteiger partial charge in [-0.3, -0.25) is 0 Å². The number of ether oxygens (including phenoxy) is 1. The van der Waals surface area contributed by atoms with Gasteiger partial charge in [0.15, 0.2) is 0 Å². The summed E-state index contributed by atoms with van der Waals surface area (Å²) in [4.78, 5) is 8.90. The third kappa shape index (κ3) is 8.02. The molecule has 0 aliphatic heterocycles. The third-order valence-corrected chi connectivity index (χ3v) is 5.04. The van der Waals surface area contributed by atoms with Crippen molar-refractivity contribution >= 4 is 17.6 Å². The molecular formula is C20H24ClF4N3O3. The zero-order chi connectivity index (χ0) is 23.0. The maximum Gasteiger partial charge on any atom is 0.490 e. The number of aromatic nitrogens is 2. The lowest BCUT2D eigenvalue weighted by atomic mass is 10.1. The van der Waals surface area contributed by atoms with Crippen LogP contribution in [0, 0.1) is 11.7 Å². The van der Waals surface area contributed by atoms with Crippen LogP contribution >= 0.6 is 11.6 Å². The van der Waals surface area contributed by atoms with Crippen LogP contribution in [0.2, 0.25) is 5.02 Å². The average molecular weight is 466 g/mol. The predicted octanol–water partition coefficient (Wildman–Crippen LogP) is 4.80. The van der Waals surface area contributed by atoms with Gasteiger partial charge in [0.2, 0.25) is 5.88 Å². The molecule has 0 saturated heterocycles. The van der Waals surface area contributed by atoms with Crippen LogP contribution in [0.3, 0.4) is 0 Å². The van der Waals surface area contributed by atoms with E-state index in [0.29, 0.717) is 24.1 Å². The number of nitrogens with zero attached hydrogens (tertiary/aromatic N) is 2. The normalized spacial score (nSPS) is 14.3. The van der Waals surface area contributed by atoms with E-state index in [1.54, 1.807) is 6.07 Å². The molecule has 172 valence electrons. The van der Waals surface area contributed by atoms with Crippen molar-refractivity contribution in [2.45, 2.75) is 51.6 Å². The number of hydrogen-bond acceptors (Lipinski definition) is 4. The molecule has 0 unspecified atom stereocenters. The van der Waals surface area contributed by atoms with Crippen molar-refractivity contribution in [1.29, 1.82) is 0 Å². The molecule has 0 bridgehead atoms. The standard InChI is InChI=1S/C18H23ClFN3O.C2HF3O2/c1-21-10-16-9-18(23(22-16)11-13-4-2-3-5-13)24-12-14-6-7-15(20)8-17(14)19;3-2(4,5)1(6)7/h6-9,13,21H,2-5,10-12H2,1H3;(H,6,7). The number of rotatable bonds is 7. The van der Waals surface area contributed by atoms with Crippen molar-refractivity contribution in [3.63, 3.8) is 0 Å². The molecule has 1 aromatic carbocycles. The Kier molecular flexibility index (Phi) is 9.12.